The Bertz CT molecular complexity index is 1420. The number of rotatable bonds is 9. The number of H-pyrrole nitrogens is 2. The van der Waals surface area contributed by atoms with Crippen molar-refractivity contribution in [3.8, 4) is 0 Å². The quantitative estimate of drug-likeness (QED) is 0.263. The molecule has 5 rings (SSSR count). The van der Waals surface area contributed by atoms with Crippen molar-refractivity contribution in [1.29, 1.82) is 0 Å². The zero-order chi connectivity index (χ0) is 25.4. The number of aromatic amines is 2. The molecule has 2 N–H and O–H groups in total. The molecule has 3 amide bonds. The smallest absolute Gasteiger partial charge is 0.327 e. The summed E-state index contributed by atoms with van der Waals surface area (Å²) in [5.41, 5.74) is 2.67. The summed E-state index contributed by atoms with van der Waals surface area (Å²) >= 11 is 0. The second-order valence-electron chi connectivity index (χ2n) is 9.54. The van der Waals surface area contributed by atoms with Gasteiger partial charge in [-0.2, -0.15) is 0 Å². The molecule has 0 saturated carbocycles. The third-order valence-corrected chi connectivity index (χ3v) is 6.77. The van der Waals surface area contributed by atoms with Crippen LogP contribution in [0.4, 0.5) is 4.79 Å². The molecule has 1 unspecified atom stereocenters. The van der Waals surface area contributed by atoms with Crippen LogP contribution in [0.1, 0.15) is 47.7 Å². The molecule has 4 aromatic rings. The summed E-state index contributed by atoms with van der Waals surface area (Å²) in [6.45, 7) is 3.89. The van der Waals surface area contributed by atoms with Gasteiger partial charge in [-0.15, -0.1) is 0 Å². The van der Waals surface area contributed by atoms with Crippen LogP contribution in [0.25, 0.3) is 21.8 Å². The maximum atomic E-state index is 13.2. The standard InChI is InChI=1S/C28H28N4O4/c1-17(2)26-27(35)32(14-12-25(34)23-16-19-8-4-6-10-21(19)30-23)28(36)31(26)13-11-24(33)22-15-18-7-3-5-9-20(18)29-22/h3-10,15-17,26,29-30H,11-14H2,1-2H3. The largest absolute Gasteiger partial charge is 0.352 e. The van der Waals surface area contributed by atoms with Crippen LogP contribution in [0.2, 0.25) is 0 Å². The van der Waals surface area contributed by atoms with Crippen molar-refractivity contribution in [3.05, 3.63) is 72.1 Å². The highest BCUT2D eigenvalue weighted by molar-refractivity contribution is 6.06. The van der Waals surface area contributed by atoms with E-state index in [1.807, 2.05) is 62.4 Å². The van der Waals surface area contributed by atoms with Crippen molar-refractivity contribution >= 4 is 45.3 Å². The Morgan fingerprint density at radius 2 is 1.31 bits per heavy atom. The van der Waals surface area contributed by atoms with Gasteiger partial charge in [-0.3, -0.25) is 19.3 Å². The van der Waals surface area contributed by atoms with E-state index in [1.54, 1.807) is 12.1 Å². The van der Waals surface area contributed by atoms with E-state index in [-0.39, 0.29) is 49.3 Å². The van der Waals surface area contributed by atoms with Crippen LogP contribution in [0, 0.1) is 5.92 Å². The fraction of sp³-hybridized carbons (Fsp3) is 0.286. The first-order valence-corrected chi connectivity index (χ1v) is 12.2. The van der Waals surface area contributed by atoms with Crippen LogP contribution >= 0.6 is 0 Å². The molecule has 184 valence electrons. The molecule has 1 saturated heterocycles. The van der Waals surface area contributed by atoms with Crippen molar-refractivity contribution in [2.75, 3.05) is 13.1 Å². The topological polar surface area (TPSA) is 106 Å². The molecule has 2 aromatic heterocycles. The molecule has 0 spiro atoms. The molecule has 1 aliphatic rings. The minimum Gasteiger partial charge on any atom is -0.352 e. The zero-order valence-electron chi connectivity index (χ0n) is 20.3. The maximum absolute atomic E-state index is 13.2. The van der Waals surface area contributed by atoms with Gasteiger partial charge in [-0.25, -0.2) is 4.79 Å². The number of aromatic nitrogens is 2. The molecule has 0 bridgehead atoms. The van der Waals surface area contributed by atoms with Crippen LogP contribution in [-0.2, 0) is 4.79 Å². The highest BCUT2D eigenvalue weighted by Gasteiger charge is 2.46. The third kappa shape index (κ3) is 4.30. The van der Waals surface area contributed by atoms with Gasteiger partial charge in [0.2, 0.25) is 0 Å². The number of carbonyl (C=O) groups excluding carboxylic acids is 4. The highest BCUT2D eigenvalue weighted by Crippen LogP contribution is 2.25. The van der Waals surface area contributed by atoms with E-state index in [1.165, 1.54) is 4.90 Å². The van der Waals surface area contributed by atoms with Crippen LogP contribution in [0.3, 0.4) is 0 Å². The Morgan fingerprint density at radius 3 is 1.81 bits per heavy atom. The number of imide groups is 1. The van der Waals surface area contributed by atoms with E-state index in [0.717, 1.165) is 26.7 Å². The second-order valence-corrected chi connectivity index (χ2v) is 9.54. The van der Waals surface area contributed by atoms with Gasteiger partial charge in [0, 0.05) is 47.7 Å². The number of nitrogens with zero attached hydrogens (tertiary/aromatic N) is 2. The summed E-state index contributed by atoms with van der Waals surface area (Å²) in [6.07, 6.45) is 0.119. The molecule has 1 aliphatic heterocycles. The molecule has 8 nitrogen and oxygen atoms in total. The van der Waals surface area contributed by atoms with Gasteiger partial charge in [0.1, 0.15) is 6.04 Å². The first kappa shape index (κ1) is 23.5. The van der Waals surface area contributed by atoms with Gasteiger partial charge in [-0.05, 0) is 30.2 Å². The number of Topliss-reactive ketones (excluding diaryl/α,β-unsaturated/α-hetero) is 2. The molecule has 36 heavy (non-hydrogen) atoms. The summed E-state index contributed by atoms with van der Waals surface area (Å²) in [7, 11) is 0. The second kappa shape index (κ2) is 9.45. The minimum atomic E-state index is -0.656. The van der Waals surface area contributed by atoms with Crippen molar-refractivity contribution in [3.63, 3.8) is 0 Å². The molecular weight excluding hydrogens is 456 g/mol. The average molecular weight is 485 g/mol. The number of fused-ring (bicyclic) bond motifs is 2. The van der Waals surface area contributed by atoms with E-state index >= 15 is 0 Å². The van der Waals surface area contributed by atoms with Crippen molar-refractivity contribution in [2.24, 2.45) is 5.92 Å². The van der Waals surface area contributed by atoms with Gasteiger partial charge < -0.3 is 14.9 Å². The number of para-hydroxylation sites is 2. The predicted octanol–water partition coefficient (Wildman–Crippen LogP) is 4.78. The molecule has 1 fully saturated rings. The van der Waals surface area contributed by atoms with Crippen molar-refractivity contribution in [1.82, 2.24) is 19.8 Å². The lowest BCUT2D eigenvalue weighted by Crippen LogP contribution is -2.40. The molecule has 1 atom stereocenters. The molecule has 0 aliphatic carbocycles. The maximum Gasteiger partial charge on any atom is 0.327 e. The number of carbonyl (C=O) groups is 4. The first-order valence-electron chi connectivity index (χ1n) is 12.2. The van der Waals surface area contributed by atoms with Gasteiger partial charge in [0.25, 0.3) is 5.91 Å². The SMILES string of the molecule is CC(C)C1C(=O)N(CCC(=O)c2cc3ccccc3[nH]2)C(=O)N1CCC(=O)c1cc2ccccc2[nH]1. The number of ketones is 2. The summed E-state index contributed by atoms with van der Waals surface area (Å²) in [5.74, 6) is -0.738. The van der Waals surface area contributed by atoms with E-state index in [9.17, 15) is 19.2 Å². The van der Waals surface area contributed by atoms with E-state index < -0.39 is 12.1 Å². The lowest BCUT2D eigenvalue weighted by Gasteiger charge is -2.24. The fourth-order valence-corrected chi connectivity index (χ4v) is 4.90. The van der Waals surface area contributed by atoms with Gasteiger partial charge >= 0.3 is 6.03 Å². The fourth-order valence-electron chi connectivity index (χ4n) is 4.90. The summed E-state index contributed by atoms with van der Waals surface area (Å²) < 4.78 is 0. The number of hydrogen-bond donors (Lipinski definition) is 2. The number of hydrogen-bond acceptors (Lipinski definition) is 4. The zero-order valence-corrected chi connectivity index (χ0v) is 20.3. The summed E-state index contributed by atoms with van der Waals surface area (Å²) in [4.78, 5) is 60.8. The molecule has 3 heterocycles. The number of benzene rings is 2. The van der Waals surface area contributed by atoms with Gasteiger partial charge in [-0.1, -0.05) is 50.2 Å². The number of amides is 3. The monoisotopic (exact) mass is 484 g/mol. The van der Waals surface area contributed by atoms with E-state index in [4.69, 9.17) is 0 Å². The lowest BCUT2D eigenvalue weighted by molar-refractivity contribution is -0.129. The Hall–Kier alpha value is -4.20. The highest BCUT2D eigenvalue weighted by atomic mass is 16.2. The summed E-state index contributed by atoms with van der Waals surface area (Å²) in [5, 5.41) is 1.87. The van der Waals surface area contributed by atoms with Crippen LogP contribution in [0.5, 0.6) is 0 Å². The third-order valence-electron chi connectivity index (χ3n) is 6.77. The van der Waals surface area contributed by atoms with Crippen molar-refractivity contribution in [2.45, 2.75) is 32.7 Å². The molecular formula is C28H28N4O4. The van der Waals surface area contributed by atoms with E-state index in [2.05, 4.69) is 9.97 Å². The van der Waals surface area contributed by atoms with Crippen LogP contribution in [-0.4, -0.2) is 62.4 Å². The van der Waals surface area contributed by atoms with Gasteiger partial charge in [0.15, 0.2) is 11.6 Å². The Morgan fingerprint density at radius 1 is 0.806 bits per heavy atom. The van der Waals surface area contributed by atoms with Crippen LogP contribution in [0.15, 0.2) is 60.7 Å². The molecule has 8 heteroatoms. The number of nitrogens with one attached hydrogen (secondary N) is 2. The van der Waals surface area contributed by atoms with Crippen LogP contribution < -0.4 is 0 Å². The Kier molecular flexibility index (Phi) is 6.18. The minimum absolute atomic E-state index is 0.00154. The predicted molar refractivity (Wildman–Crippen MR) is 137 cm³/mol. The van der Waals surface area contributed by atoms with Gasteiger partial charge in [0.05, 0.1) is 11.4 Å². The lowest BCUT2D eigenvalue weighted by atomic mass is 10.0. The van der Waals surface area contributed by atoms with Crippen molar-refractivity contribution < 1.29 is 19.2 Å². The normalized spacial score (nSPS) is 16.1. The summed E-state index contributed by atoms with van der Waals surface area (Å²) in [6, 6.07) is 17.7. The molecule has 2 aromatic carbocycles. The molecule has 0 radical (unpaired) electrons. The Balaban J connectivity index is 1.25. The average Bonchev–Trinajstić information content (AvgIpc) is 3.55. The number of urea groups is 1. The first-order chi connectivity index (χ1) is 17.3. The Labute approximate surface area is 208 Å². The van der Waals surface area contributed by atoms with E-state index in [0.29, 0.717) is 11.4 Å².